The summed E-state index contributed by atoms with van der Waals surface area (Å²) in [6.45, 7) is 1.50. The second-order valence-corrected chi connectivity index (χ2v) is 4.86. The molecule has 1 aromatic rings. The second-order valence-electron chi connectivity index (χ2n) is 4.86. The highest BCUT2D eigenvalue weighted by Gasteiger charge is 2.15. The standard InChI is InChI=1S/C13H22N2O3/c16-11(8-14-9-13-6-7-15-18-13)10-17-12-4-2-1-3-5-12/h6-7,11-12,14,16H,1-5,8-10H2. The van der Waals surface area contributed by atoms with Crippen LogP contribution in [0.15, 0.2) is 16.8 Å². The number of aliphatic hydroxyl groups excluding tert-OH is 1. The van der Waals surface area contributed by atoms with Crippen molar-refractivity contribution in [2.24, 2.45) is 0 Å². The normalized spacial score (nSPS) is 18.9. The van der Waals surface area contributed by atoms with Crippen LogP contribution in [0.25, 0.3) is 0 Å². The van der Waals surface area contributed by atoms with Crippen molar-refractivity contribution in [3.05, 3.63) is 18.0 Å². The monoisotopic (exact) mass is 254 g/mol. The van der Waals surface area contributed by atoms with Crippen LogP contribution < -0.4 is 5.32 Å². The Morgan fingerprint density at radius 3 is 3.00 bits per heavy atom. The summed E-state index contributed by atoms with van der Waals surface area (Å²) in [5.74, 6) is 0.774. The molecule has 0 bridgehead atoms. The van der Waals surface area contributed by atoms with E-state index in [0.29, 0.717) is 25.8 Å². The molecule has 0 amide bonds. The van der Waals surface area contributed by atoms with Crippen LogP contribution in [0.3, 0.4) is 0 Å². The van der Waals surface area contributed by atoms with Gasteiger partial charge in [-0.1, -0.05) is 24.4 Å². The minimum absolute atomic E-state index is 0.350. The molecule has 0 saturated heterocycles. The quantitative estimate of drug-likeness (QED) is 0.771. The topological polar surface area (TPSA) is 67.5 Å². The number of aromatic nitrogens is 1. The number of ether oxygens (including phenoxy) is 1. The van der Waals surface area contributed by atoms with Crippen LogP contribution in [0.4, 0.5) is 0 Å². The minimum Gasteiger partial charge on any atom is -0.389 e. The van der Waals surface area contributed by atoms with Crippen LogP contribution >= 0.6 is 0 Å². The van der Waals surface area contributed by atoms with Crippen molar-refractivity contribution in [2.75, 3.05) is 13.2 Å². The molecule has 18 heavy (non-hydrogen) atoms. The maximum atomic E-state index is 9.77. The van der Waals surface area contributed by atoms with E-state index in [-0.39, 0.29) is 0 Å². The summed E-state index contributed by atoms with van der Waals surface area (Å²) >= 11 is 0. The fraction of sp³-hybridized carbons (Fsp3) is 0.769. The van der Waals surface area contributed by atoms with Gasteiger partial charge in [0.2, 0.25) is 0 Å². The van der Waals surface area contributed by atoms with Crippen LogP contribution in [-0.4, -0.2) is 35.6 Å². The molecule has 0 spiro atoms. The summed E-state index contributed by atoms with van der Waals surface area (Å²) in [5.41, 5.74) is 0. The van der Waals surface area contributed by atoms with Gasteiger partial charge in [-0.25, -0.2) is 0 Å². The van der Waals surface area contributed by atoms with E-state index in [2.05, 4.69) is 10.5 Å². The molecule has 1 aliphatic rings. The number of rotatable bonds is 7. The lowest BCUT2D eigenvalue weighted by atomic mass is 9.98. The third kappa shape index (κ3) is 4.76. The average Bonchev–Trinajstić information content (AvgIpc) is 2.91. The van der Waals surface area contributed by atoms with Gasteiger partial charge in [-0.05, 0) is 12.8 Å². The summed E-state index contributed by atoms with van der Waals surface area (Å²) in [5, 5.41) is 16.5. The van der Waals surface area contributed by atoms with Gasteiger partial charge >= 0.3 is 0 Å². The first-order valence-electron chi connectivity index (χ1n) is 6.74. The van der Waals surface area contributed by atoms with Crippen molar-refractivity contribution in [3.8, 4) is 0 Å². The van der Waals surface area contributed by atoms with Gasteiger partial charge < -0.3 is 19.7 Å². The van der Waals surface area contributed by atoms with E-state index in [1.807, 2.05) is 0 Å². The minimum atomic E-state index is -0.463. The molecule has 1 aliphatic carbocycles. The molecule has 5 heteroatoms. The molecule has 1 atom stereocenters. The largest absolute Gasteiger partial charge is 0.389 e. The van der Waals surface area contributed by atoms with Crippen molar-refractivity contribution in [1.82, 2.24) is 10.5 Å². The van der Waals surface area contributed by atoms with Gasteiger partial charge in [0.05, 0.1) is 31.6 Å². The number of hydrogen-bond donors (Lipinski definition) is 2. The highest BCUT2D eigenvalue weighted by Crippen LogP contribution is 2.20. The summed E-state index contributed by atoms with van der Waals surface area (Å²) in [7, 11) is 0. The zero-order valence-corrected chi connectivity index (χ0v) is 10.7. The Balaban J connectivity index is 1.53. The SMILES string of the molecule is OC(CNCc1ccno1)COC1CCCCC1. The lowest BCUT2D eigenvalue weighted by Gasteiger charge is -2.23. The molecule has 0 aromatic carbocycles. The van der Waals surface area contributed by atoms with Gasteiger partial charge in [-0.15, -0.1) is 0 Å². The Morgan fingerprint density at radius 1 is 1.44 bits per heavy atom. The first kappa shape index (κ1) is 13.5. The highest BCUT2D eigenvalue weighted by atomic mass is 16.5. The lowest BCUT2D eigenvalue weighted by Crippen LogP contribution is -2.32. The van der Waals surface area contributed by atoms with Gasteiger partial charge in [-0.2, -0.15) is 0 Å². The Labute approximate surface area is 107 Å². The fourth-order valence-corrected chi connectivity index (χ4v) is 2.23. The third-order valence-corrected chi connectivity index (χ3v) is 3.25. The van der Waals surface area contributed by atoms with Gasteiger partial charge in [0, 0.05) is 12.6 Å². The molecular formula is C13H22N2O3. The highest BCUT2D eigenvalue weighted by molar-refractivity contribution is 4.91. The Bertz CT molecular complexity index is 310. The molecule has 1 fully saturated rings. The number of aliphatic hydroxyl groups is 1. The molecule has 1 unspecified atom stereocenters. The maximum Gasteiger partial charge on any atom is 0.150 e. The summed E-state index contributed by atoms with van der Waals surface area (Å²) in [4.78, 5) is 0. The molecule has 102 valence electrons. The second kappa shape index (κ2) is 7.51. The van der Waals surface area contributed by atoms with E-state index < -0.39 is 6.10 Å². The van der Waals surface area contributed by atoms with Gasteiger partial charge in [0.15, 0.2) is 0 Å². The van der Waals surface area contributed by atoms with Gasteiger partial charge in [-0.3, -0.25) is 0 Å². The molecule has 1 aromatic heterocycles. The smallest absolute Gasteiger partial charge is 0.150 e. The van der Waals surface area contributed by atoms with Gasteiger partial charge in [0.1, 0.15) is 5.76 Å². The van der Waals surface area contributed by atoms with E-state index in [1.165, 1.54) is 19.3 Å². The zero-order valence-electron chi connectivity index (χ0n) is 10.7. The van der Waals surface area contributed by atoms with Crippen LogP contribution in [0, 0.1) is 0 Å². The first-order valence-corrected chi connectivity index (χ1v) is 6.74. The Kier molecular flexibility index (Phi) is 5.64. The van der Waals surface area contributed by atoms with Crippen LogP contribution in [0.2, 0.25) is 0 Å². The van der Waals surface area contributed by atoms with E-state index >= 15 is 0 Å². The van der Waals surface area contributed by atoms with E-state index in [1.54, 1.807) is 12.3 Å². The fourth-order valence-electron chi connectivity index (χ4n) is 2.23. The predicted octanol–water partition coefficient (Wildman–Crippen LogP) is 1.47. The summed E-state index contributed by atoms with van der Waals surface area (Å²) in [6.07, 6.45) is 7.60. The average molecular weight is 254 g/mol. The van der Waals surface area contributed by atoms with Crippen LogP contribution in [-0.2, 0) is 11.3 Å². The maximum absolute atomic E-state index is 9.77. The molecule has 0 aliphatic heterocycles. The molecule has 5 nitrogen and oxygen atoms in total. The van der Waals surface area contributed by atoms with Crippen molar-refractivity contribution in [3.63, 3.8) is 0 Å². The number of nitrogens with one attached hydrogen (secondary N) is 1. The van der Waals surface area contributed by atoms with Crippen LogP contribution in [0.5, 0.6) is 0 Å². The van der Waals surface area contributed by atoms with Crippen LogP contribution in [0.1, 0.15) is 37.9 Å². The van der Waals surface area contributed by atoms with Gasteiger partial charge in [0.25, 0.3) is 0 Å². The predicted molar refractivity (Wildman–Crippen MR) is 67.0 cm³/mol. The Hall–Kier alpha value is -0.910. The molecule has 2 rings (SSSR count). The molecule has 2 N–H and O–H groups in total. The molecule has 1 saturated carbocycles. The lowest BCUT2D eigenvalue weighted by molar-refractivity contribution is -0.0231. The molecule has 0 radical (unpaired) electrons. The van der Waals surface area contributed by atoms with Crippen molar-refractivity contribution >= 4 is 0 Å². The first-order chi connectivity index (χ1) is 8.84. The van der Waals surface area contributed by atoms with Crippen molar-refractivity contribution < 1.29 is 14.4 Å². The number of hydrogen-bond acceptors (Lipinski definition) is 5. The Morgan fingerprint density at radius 2 is 2.28 bits per heavy atom. The van der Waals surface area contributed by atoms with E-state index in [9.17, 15) is 5.11 Å². The van der Waals surface area contributed by atoms with E-state index in [4.69, 9.17) is 9.26 Å². The summed E-state index contributed by atoms with van der Waals surface area (Å²) in [6, 6.07) is 1.80. The number of nitrogens with zero attached hydrogens (tertiary/aromatic N) is 1. The molecular weight excluding hydrogens is 232 g/mol. The zero-order chi connectivity index (χ0) is 12.6. The van der Waals surface area contributed by atoms with Crippen molar-refractivity contribution in [1.29, 1.82) is 0 Å². The third-order valence-electron chi connectivity index (χ3n) is 3.25. The van der Waals surface area contributed by atoms with Crippen molar-refractivity contribution in [2.45, 2.75) is 50.9 Å². The summed E-state index contributed by atoms with van der Waals surface area (Å²) < 4.78 is 10.7. The van der Waals surface area contributed by atoms with E-state index in [0.717, 1.165) is 18.6 Å². The molecule has 1 heterocycles.